The second-order valence-corrected chi connectivity index (χ2v) is 2.35. The molecule has 0 bridgehead atoms. The van der Waals surface area contributed by atoms with E-state index in [2.05, 4.69) is 11.9 Å². The minimum atomic E-state index is 0.250. The van der Waals surface area contributed by atoms with E-state index in [1.807, 2.05) is 27.7 Å². The molecule has 92 valence electrons. The quantitative estimate of drug-likeness (QED) is 0.581. The molecule has 0 saturated heterocycles. The fourth-order valence-corrected chi connectivity index (χ4v) is 0.606. The summed E-state index contributed by atoms with van der Waals surface area (Å²) in [6, 6.07) is 0. The van der Waals surface area contributed by atoms with Crippen molar-refractivity contribution in [2.24, 2.45) is 4.99 Å². The van der Waals surface area contributed by atoms with Crippen molar-refractivity contribution in [3.63, 3.8) is 0 Å². The highest BCUT2D eigenvalue weighted by Gasteiger charge is 1.95. The number of nitrogens with zero attached hydrogens (tertiary/aromatic N) is 1. The predicted octanol–water partition coefficient (Wildman–Crippen LogP) is 3.39. The number of aliphatic imine (C=N–C) groups is 1. The van der Waals surface area contributed by atoms with Gasteiger partial charge in [0, 0.05) is 12.8 Å². The molecule has 0 aromatic rings. The van der Waals surface area contributed by atoms with Gasteiger partial charge in [-0.05, 0) is 32.8 Å². The highest BCUT2D eigenvalue weighted by Crippen LogP contribution is 2.08. The van der Waals surface area contributed by atoms with Crippen LogP contribution in [0.5, 0.6) is 0 Å². The molecule has 0 aliphatic carbocycles. The fraction of sp³-hybridized carbons (Fsp3) is 0.750. The molecule has 0 saturated carbocycles. The van der Waals surface area contributed by atoms with E-state index in [-0.39, 0.29) is 6.61 Å². The highest BCUT2D eigenvalue weighted by molar-refractivity contribution is 5.54. The summed E-state index contributed by atoms with van der Waals surface area (Å²) >= 11 is 0. The molecular formula is C12H27NO2. The Morgan fingerprint density at radius 3 is 1.93 bits per heavy atom. The van der Waals surface area contributed by atoms with Gasteiger partial charge < -0.3 is 9.84 Å². The number of aliphatic hydroxyl groups excluding tert-OH is 1. The van der Waals surface area contributed by atoms with E-state index in [1.165, 1.54) is 5.57 Å². The van der Waals surface area contributed by atoms with Gasteiger partial charge in [-0.15, -0.1) is 0 Å². The van der Waals surface area contributed by atoms with Crippen molar-refractivity contribution in [3.8, 4) is 0 Å². The largest absolute Gasteiger partial charge is 0.481 e. The first kappa shape index (κ1) is 19.7. The van der Waals surface area contributed by atoms with Crippen LogP contribution in [0.1, 0.15) is 48.0 Å². The van der Waals surface area contributed by atoms with Crippen LogP contribution in [0, 0.1) is 0 Å². The molecular weight excluding hydrogens is 190 g/mol. The molecule has 0 atom stereocenters. The second-order valence-electron chi connectivity index (χ2n) is 2.35. The molecule has 0 amide bonds. The van der Waals surface area contributed by atoms with Crippen molar-refractivity contribution < 1.29 is 9.84 Å². The van der Waals surface area contributed by atoms with Gasteiger partial charge in [0.05, 0.1) is 7.11 Å². The van der Waals surface area contributed by atoms with Crippen molar-refractivity contribution in [1.29, 1.82) is 0 Å². The third-order valence-corrected chi connectivity index (χ3v) is 1.34. The van der Waals surface area contributed by atoms with Crippen molar-refractivity contribution in [2.75, 3.05) is 13.7 Å². The first-order valence-corrected chi connectivity index (χ1v) is 5.51. The van der Waals surface area contributed by atoms with E-state index in [0.717, 1.165) is 12.3 Å². The van der Waals surface area contributed by atoms with Crippen molar-refractivity contribution in [1.82, 2.24) is 0 Å². The lowest BCUT2D eigenvalue weighted by Crippen LogP contribution is -1.87. The lowest BCUT2D eigenvalue weighted by atomic mass is 10.2. The zero-order chi connectivity index (χ0) is 12.7. The lowest BCUT2D eigenvalue weighted by Gasteiger charge is -2.02. The Morgan fingerprint density at radius 2 is 1.73 bits per heavy atom. The molecule has 0 aromatic heterocycles. The Kier molecular flexibility index (Phi) is 24.8. The predicted molar refractivity (Wildman–Crippen MR) is 68.3 cm³/mol. The normalized spacial score (nSPS) is 10.7. The maximum atomic E-state index is 7.57. The zero-order valence-electron chi connectivity index (χ0n) is 11.3. The Labute approximate surface area is 94.9 Å². The topological polar surface area (TPSA) is 41.8 Å². The Balaban J connectivity index is -0.000000245. The molecule has 3 nitrogen and oxygen atoms in total. The summed E-state index contributed by atoms with van der Waals surface area (Å²) < 4.78 is 5.03. The van der Waals surface area contributed by atoms with Gasteiger partial charge >= 0.3 is 0 Å². The highest BCUT2D eigenvalue weighted by atomic mass is 16.5. The third-order valence-electron chi connectivity index (χ3n) is 1.34. The number of hydrogen-bond acceptors (Lipinski definition) is 3. The van der Waals surface area contributed by atoms with Crippen LogP contribution in [-0.2, 0) is 4.74 Å². The summed E-state index contributed by atoms with van der Waals surface area (Å²) in [5.41, 5.74) is 1.18. The minimum Gasteiger partial charge on any atom is -0.481 e. The summed E-state index contributed by atoms with van der Waals surface area (Å²) in [5, 5.41) is 7.57. The standard InChI is InChI=1S/C8H15NO.C2H6O.C2H6/c1-5-7(3)8(10-4)9-6-2;1-2-3;1-2/h6H,5H2,1-4H3;3H,2H2,1H3;1-2H3/b8-7-,9-6-;;. The number of aliphatic hydroxyl groups is 1. The van der Waals surface area contributed by atoms with Gasteiger partial charge in [-0.3, -0.25) is 0 Å². The Morgan fingerprint density at radius 1 is 1.33 bits per heavy atom. The molecule has 15 heavy (non-hydrogen) atoms. The summed E-state index contributed by atoms with van der Waals surface area (Å²) in [6.45, 7) is 11.9. The average Bonchev–Trinajstić information content (AvgIpc) is 2.28. The van der Waals surface area contributed by atoms with Gasteiger partial charge in [0.15, 0.2) is 0 Å². The van der Waals surface area contributed by atoms with Crippen molar-refractivity contribution in [3.05, 3.63) is 11.5 Å². The summed E-state index contributed by atoms with van der Waals surface area (Å²) in [6.07, 6.45) is 2.72. The van der Waals surface area contributed by atoms with E-state index in [9.17, 15) is 0 Å². The summed E-state index contributed by atoms with van der Waals surface area (Å²) in [7, 11) is 1.64. The van der Waals surface area contributed by atoms with E-state index < -0.39 is 0 Å². The van der Waals surface area contributed by atoms with Crippen LogP contribution in [0.3, 0.4) is 0 Å². The number of methoxy groups -OCH3 is 1. The summed E-state index contributed by atoms with van der Waals surface area (Å²) in [5.74, 6) is 0.741. The van der Waals surface area contributed by atoms with Crippen LogP contribution in [0.25, 0.3) is 0 Å². The molecule has 0 aromatic carbocycles. The summed E-state index contributed by atoms with van der Waals surface area (Å²) in [4.78, 5) is 4.05. The smallest absolute Gasteiger partial charge is 0.211 e. The number of hydrogen-bond donors (Lipinski definition) is 1. The van der Waals surface area contributed by atoms with E-state index in [1.54, 1.807) is 20.2 Å². The van der Waals surface area contributed by atoms with Crippen LogP contribution in [0.15, 0.2) is 16.4 Å². The molecule has 0 fully saturated rings. The van der Waals surface area contributed by atoms with Crippen LogP contribution in [-0.4, -0.2) is 25.0 Å². The monoisotopic (exact) mass is 217 g/mol. The van der Waals surface area contributed by atoms with E-state index >= 15 is 0 Å². The molecule has 0 heterocycles. The fourth-order valence-electron chi connectivity index (χ4n) is 0.606. The van der Waals surface area contributed by atoms with Crippen molar-refractivity contribution in [2.45, 2.75) is 48.0 Å². The maximum Gasteiger partial charge on any atom is 0.211 e. The van der Waals surface area contributed by atoms with Crippen LogP contribution in [0.4, 0.5) is 0 Å². The van der Waals surface area contributed by atoms with Crippen LogP contribution < -0.4 is 0 Å². The molecule has 0 rings (SSSR count). The number of ether oxygens (including phenoxy) is 1. The van der Waals surface area contributed by atoms with Gasteiger partial charge in [-0.1, -0.05) is 20.8 Å². The molecule has 0 unspecified atom stereocenters. The van der Waals surface area contributed by atoms with Crippen LogP contribution >= 0.6 is 0 Å². The third kappa shape index (κ3) is 15.9. The van der Waals surface area contributed by atoms with Gasteiger partial charge in [0.25, 0.3) is 0 Å². The molecule has 0 spiro atoms. The molecule has 0 aliphatic rings. The van der Waals surface area contributed by atoms with E-state index in [0.29, 0.717) is 0 Å². The average molecular weight is 217 g/mol. The first-order valence-electron chi connectivity index (χ1n) is 5.51. The Bertz CT molecular complexity index is 163. The van der Waals surface area contributed by atoms with E-state index in [4.69, 9.17) is 9.84 Å². The van der Waals surface area contributed by atoms with Crippen LogP contribution in [0.2, 0.25) is 0 Å². The van der Waals surface area contributed by atoms with Gasteiger partial charge in [-0.25, -0.2) is 4.99 Å². The van der Waals surface area contributed by atoms with Gasteiger partial charge in [0.1, 0.15) is 0 Å². The Hall–Kier alpha value is -0.830. The molecule has 1 N–H and O–H groups in total. The van der Waals surface area contributed by atoms with Gasteiger partial charge in [-0.2, -0.15) is 0 Å². The zero-order valence-corrected chi connectivity index (χ0v) is 11.3. The SMILES string of the molecule is C/C=N\C(OC)=C(/C)CC.CC.CCO. The molecule has 3 heteroatoms. The van der Waals surface area contributed by atoms with Crippen molar-refractivity contribution >= 4 is 6.21 Å². The lowest BCUT2D eigenvalue weighted by molar-refractivity contribution is 0.283. The minimum absolute atomic E-state index is 0.250. The molecule has 0 aliphatic heterocycles. The first-order chi connectivity index (χ1) is 7.17. The maximum absolute atomic E-state index is 7.57. The number of rotatable bonds is 3. The second kappa shape index (κ2) is 18.9. The van der Waals surface area contributed by atoms with Gasteiger partial charge in [0.2, 0.25) is 5.88 Å². The number of allylic oxidation sites excluding steroid dienone is 1. The molecule has 0 radical (unpaired) electrons.